The van der Waals surface area contributed by atoms with Gasteiger partial charge in [-0.15, -0.1) is 0 Å². The normalized spacial score (nSPS) is 12.7. The number of carbonyl (C=O) groups excluding carboxylic acids is 2. The lowest BCUT2D eigenvalue weighted by atomic mass is 9.92. The third-order valence-corrected chi connectivity index (χ3v) is 7.68. The third kappa shape index (κ3) is 8.66. The number of nitrogens with zero attached hydrogens (tertiary/aromatic N) is 1. The van der Waals surface area contributed by atoms with Gasteiger partial charge in [0.15, 0.2) is 0 Å². The molecular formula is C36H40FN2O6-. The number of aliphatic hydroxyl groups is 2. The molecule has 9 heteroatoms. The molecule has 45 heavy (non-hydrogen) atoms. The molecule has 0 saturated heterocycles. The molecule has 0 spiro atoms. The van der Waals surface area contributed by atoms with E-state index in [1.54, 1.807) is 19.2 Å². The van der Waals surface area contributed by atoms with E-state index in [1.165, 1.54) is 12.1 Å². The molecule has 3 aromatic carbocycles. The first kappa shape index (κ1) is 33.6. The summed E-state index contributed by atoms with van der Waals surface area (Å²) < 4.78 is 21.2. The molecule has 3 N–H and O–H groups in total. The molecule has 0 aliphatic rings. The van der Waals surface area contributed by atoms with Crippen LogP contribution in [0.25, 0.3) is 22.3 Å². The second-order valence-electron chi connectivity index (χ2n) is 11.5. The van der Waals surface area contributed by atoms with E-state index in [0.29, 0.717) is 36.4 Å². The van der Waals surface area contributed by atoms with Crippen LogP contribution in [0.4, 0.5) is 4.39 Å². The third-order valence-electron chi connectivity index (χ3n) is 7.68. The van der Waals surface area contributed by atoms with E-state index in [4.69, 9.17) is 4.74 Å². The van der Waals surface area contributed by atoms with Crippen LogP contribution in [0.2, 0.25) is 0 Å². The van der Waals surface area contributed by atoms with Gasteiger partial charge in [-0.2, -0.15) is 0 Å². The summed E-state index contributed by atoms with van der Waals surface area (Å²) in [7, 11) is 1.64. The smallest absolute Gasteiger partial charge is 0.268 e. The Morgan fingerprint density at radius 1 is 0.889 bits per heavy atom. The van der Waals surface area contributed by atoms with Gasteiger partial charge >= 0.3 is 0 Å². The summed E-state index contributed by atoms with van der Waals surface area (Å²) in [6, 6.07) is 23.2. The number of ether oxygens (including phenoxy) is 1. The molecule has 4 rings (SSSR count). The standard InChI is InChI=1S/C36H41FN2O6/c1-23(2)39-31(18-17-29(40)19-30(41)20-32(42)43)33(27-13-15-28(37)16-14-27)34(26-7-5-4-6-8-26)35(39)36(44)38-21-24-9-11-25(12-10-24)22-45-3/h4-16,23,29-30,40-41H,17-22H2,1-3H3,(H,38,44)(H,42,43)/p-1/t29-,30-/m1/s1. The molecule has 2 atom stereocenters. The molecule has 8 nitrogen and oxygen atoms in total. The highest BCUT2D eigenvalue weighted by Crippen LogP contribution is 2.42. The number of hydrogen-bond acceptors (Lipinski definition) is 6. The quantitative estimate of drug-likeness (QED) is 0.177. The minimum Gasteiger partial charge on any atom is -0.550 e. The Bertz CT molecular complexity index is 1570. The summed E-state index contributed by atoms with van der Waals surface area (Å²) in [5.41, 5.74) is 6.08. The zero-order chi connectivity index (χ0) is 32.5. The second kappa shape index (κ2) is 15.6. The van der Waals surface area contributed by atoms with E-state index < -0.39 is 30.4 Å². The van der Waals surface area contributed by atoms with Gasteiger partial charge in [-0.05, 0) is 67.5 Å². The van der Waals surface area contributed by atoms with Gasteiger partial charge in [0, 0.05) is 48.9 Å². The van der Waals surface area contributed by atoms with Crippen molar-refractivity contribution in [2.24, 2.45) is 0 Å². The number of carbonyl (C=O) groups is 2. The molecular weight excluding hydrogens is 575 g/mol. The minimum absolute atomic E-state index is 0.135. The van der Waals surface area contributed by atoms with Gasteiger partial charge < -0.3 is 34.7 Å². The summed E-state index contributed by atoms with van der Waals surface area (Å²) in [5.74, 6) is -2.07. The van der Waals surface area contributed by atoms with Crippen molar-refractivity contribution in [1.29, 1.82) is 0 Å². The Kier molecular flexibility index (Phi) is 11.6. The number of amides is 1. The Morgan fingerprint density at radius 3 is 2.11 bits per heavy atom. The molecule has 4 aromatic rings. The lowest BCUT2D eigenvalue weighted by Gasteiger charge is -2.20. The number of nitrogens with one attached hydrogen (secondary N) is 1. The molecule has 0 bridgehead atoms. The average molecular weight is 616 g/mol. The number of halogens is 1. The highest BCUT2D eigenvalue weighted by atomic mass is 19.1. The van der Waals surface area contributed by atoms with Crippen molar-refractivity contribution < 1.29 is 34.0 Å². The maximum atomic E-state index is 14.2. The van der Waals surface area contributed by atoms with Gasteiger partial charge in [0.2, 0.25) is 0 Å². The van der Waals surface area contributed by atoms with Gasteiger partial charge in [0.1, 0.15) is 11.5 Å². The fourth-order valence-electron chi connectivity index (χ4n) is 5.69. The number of benzene rings is 3. The highest BCUT2D eigenvalue weighted by molar-refractivity contribution is 6.05. The number of aliphatic carboxylic acids is 1. The van der Waals surface area contributed by atoms with E-state index in [1.807, 2.05) is 73.0 Å². The molecule has 0 aliphatic carbocycles. The maximum absolute atomic E-state index is 14.2. The topological polar surface area (TPSA) is 124 Å². The predicted molar refractivity (Wildman–Crippen MR) is 169 cm³/mol. The fraction of sp³-hybridized carbons (Fsp3) is 0.333. The van der Waals surface area contributed by atoms with Crippen LogP contribution in [0.1, 0.15) is 66.5 Å². The first-order chi connectivity index (χ1) is 21.6. The van der Waals surface area contributed by atoms with Gasteiger partial charge in [-0.1, -0.05) is 66.7 Å². The van der Waals surface area contributed by atoms with Crippen LogP contribution in [0.15, 0.2) is 78.9 Å². The summed E-state index contributed by atoms with van der Waals surface area (Å²) in [4.78, 5) is 25.1. The van der Waals surface area contributed by atoms with Crippen molar-refractivity contribution in [3.63, 3.8) is 0 Å². The van der Waals surface area contributed by atoms with Crippen molar-refractivity contribution in [2.75, 3.05) is 7.11 Å². The molecule has 0 radical (unpaired) electrons. The summed E-state index contributed by atoms with van der Waals surface area (Å²) >= 11 is 0. The van der Waals surface area contributed by atoms with Crippen molar-refractivity contribution in [1.82, 2.24) is 9.88 Å². The number of hydrogen-bond donors (Lipinski definition) is 3. The zero-order valence-corrected chi connectivity index (χ0v) is 25.8. The number of methoxy groups -OCH3 is 1. The summed E-state index contributed by atoms with van der Waals surface area (Å²) in [5, 5.41) is 34.8. The van der Waals surface area contributed by atoms with E-state index in [0.717, 1.165) is 27.9 Å². The average Bonchev–Trinajstić information content (AvgIpc) is 3.35. The Balaban J connectivity index is 1.81. The van der Waals surface area contributed by atoms with E-state index >= 15 is 0 Å². The molecule has 0 fully saturated rings. The molecule has 0 unspecified atom stereocenters. The van der Waals surface area contributed by atoms with Crippen molar-refractivity contribution in [3.8, 4) is 22.3 Å². The number of aliphatic hydroxyl groups excluding tert-OH is 2. The van der Waals surface area contributed by atoms with Gasteiger partial charge in [0.05, 0.1) is 18.8 Å². The predicted octanol–water partition coefficient (Wildman–Crippen LogP) is 4.80. The van der Waals surface area contributed by atoms with Crippen molar-refractivity contribution >= 4 is 11.9 Å². The molecule has 0 aliphatic heterocycles. The first-order valence-corrected chi connectivity index (χ1v) is 15.1. The second-order valence-corrected chi connectivity index (χ2v) is 11.5. The van der Waals surface area contributed by atoms with Crippen LogP contribution in [-0.4, -0.2) is 46.0 Å². The van der Waals surface area contributed by atoms with Crippen LogP contribution < -0.4 is 10.4 Å². The van der Waals surface area contributed by atoms with Crippen molar-refractivity contribution in [3.05, 3.63) is 107 Å². The van der Waals surface area contributed by atoms with Crippen LogP contribution in [0.5, 0.6) is 0 Å². The van der Waals surface area contributed by atoms with Gasteiger partial charge in [-0.25, -0.2) is 4.39 Å². The van der Waals surface area contributed by atoms with Crippen LogP contribution in [-0.2, 0) is 29.1 Å². The molecule has 1 amide bonds. The zero-order valence-electron chi connectivity index (χ0n) is 25.8. The Morgan fingerprint density at radius 2 is 1.51 bits per heavy atom. The van der Waals surface area contributed by atoms with E-state index in [2.05, 4.69) is 5.32 Å². The number of aromatic nitrogens is 1. The largest absolute Gasteiger partial charge is 0.550 e. The fourth-order valence-corrected chi connectivity index (χ4v) is 5.69. The van der Waals surface area contributed by atoms with Crippen LogP contribution in [0, 0.1) is 5.82 Å². The maximum Gasteiger partial charge on any atom is 0.268 e. The van der Waals surface area contributed by atoms with E-state index in [-0.39, 0.29) is 24.8 Å². The molecule has 1 aromatic heterocycles. The SMILES string of the molecule is COCc1ccc(CNC(=O)c2c(-c3ccccc3)c(-c3ccc(F)cc3)c(CC[C@@H](O)C[C@@H](O)CC(=O)[O-])n2C(C)C)cc1. The number of carboxylic acids is 1. The highest BCUT2D eigenvalue weighted by Gasteiger charge is 2.30. The van der Waals surface area contributed by atoms with Crippen LogP contribution in [0.3, 0.4) is 0 Å². The van der Waals surface area contributed by atoms with Gasteiger partial charge in [0.25, 0.3) is 5.91 Å². The lowest BCUT2D eigenvalue weighted by molar-refractivity contribution is -0.307. The lowest BCUT2D eigenvalue weighted by Crippen LogP contribution is -2.29. The molecule has 1 heterocycles. The first-order valence-electron chi connectivity index (χ1n) is 15.1. The Labute approximate surface area is 263 Å². The monoisotopic (exact) mass is 615 g/mol. The van der Waals surface area contributed by atoms with Crippen LogP contribution >= 0.6 is 0 Å². The molecule has 0 saturated carbocycles. The number of rotatable bonds is 15. The summed E-state index contributed by atoms with van der Waals surface area (Å²) in [6.07, 6.45) is -2.46. The minimum atomic E-state index is -1.39. The number of carboxylic acid groups (broad SMARTS) is 1. The Hall–Kier alpha value is -4.31. The molecule has 238 valence electrons. The van der Waals surface area contributed by atoms with Crippen molar-refractivity contribution in [2.45, 2.75) is 70.9 Å². The van der Waals surface area contributed by atoms with E-state index in [9.17, 15) is 29.3 Å². The summed E-state index contributed by atoms with van der Waals surface area (Å²) in [6.45, 7) is 4.73. The van der Waals surface area contributed by atoms with Gasteiger partial charge in [-0.3, -0.25) is 4.79 Å².